The lowest BCUT2D eigenvalue weighted by atomic mass is 9.86. The first kappa shape index (κ1) is 28.7. The van der Waals surface area contributed by atoms with Crippen LogP contribution in [0.25, 0.3) is 0 Å². The van der Waals surface area contributed by atoms with Crippen LogP contribution >= 0.6 is 46.7 Å². The number of rotatable bonds is 10. The number of carbonyl (C=O) groups excluding carboxylic acids is 1. The quantitative estimate of drug-likeness (QED) is 0.172. The van der Waals surface area contributed by atoms with E-state index in [1.165, 1.54) is 47.8 Å². The lowest BCUT2D eigenvalue weighted by molar-refractivity contribution is -0.125. The van der Waals surface area contributed by atoms with E-state index in [4.69, 9.17) is 23.2 Å². The molecular formula is C31H26Cl2F2OS2. The zero-order chi connectivity index (χ0) is 27.2. The van der Waals surface area contributed by atoms with Crippen LogP contribution in [0.15, 0.2) is 107 Å². The Hall–Kier alpha value is -2.31. The van der Waals surface area contributed by atoms with E-state index in [1.54, 1.807) is 24.3 Å². The van der Waals surface area contributed by atoms with Crippen molar-refractivity contribution in [2.75, 3.05) is 0 Å². The number of carbonyl (C=O) groups is 1. The molecule has 7 heteroatoms. The van der Waals surface area contributed by atoms with Crippen LogP contribution < -0.4 is 0 Å². The average Bonchev–Trinajstić information content (AvgIpc) is 2.92. The summed E-state index contributed by atoms with van der Waals surface area (Å²) in [5, 5.41) is 0.805. The highest BCUT2D eigenvalue weighted by Gasteiger charge is 2.34. The van der Waals surface area contributed by atoms with Crippen LogP contribution in [0.4, 0.5) is 8.78 Å². The number of thioether (sulfide) groups is 2. The SMILES string of the molecule is CC(C(=O)C(C)C(Sc1ccc(F)cc1)c1ccc(Cl)cc1)C(Sc1ccc(F)cc1)c1ccc(Cl)cc1. The summed E-state index contributed by atoms with van der Waals surface area (Å²) in [5.41, 5.74) is 1.93. The Balaban J connectivity index is 1.65. The topological polar surface area (TPSA) is 17.1 Å². The Morgan fingerprint density at radius 1 is 0.579 bits per heavy atom. The molecule has 0 saturated carbocycles. The normalized spacial score (nSPS) is 14.5. The van der Waals surface area contributed by atoms with Gasteiger partial charge in [0.25, 0.3) is 0 Å². The first-order valence-corrected chi connectivity index (χ1v) is 14.6. The molecule has 0 fully saturated rings. The summed E-state index contributed by atoms with van der Waals surface area (Å²) in [6.45, 7) is 3.88. The Morgan fingerprint density at radius 2 is 0.895 bits per heavy atom. The molecular weight excluding hydrogens is 561 g/mol. The molecule has 4 aromatic rings. The van der Waals surface area contributed by atoms with Gasteiger partial charge in [0, 0.05) is 42.2 Å². The Kier molecular flexibility index (Phi) is 9.94. The van der Waals surface area contributed by atoms with E-state index in [-0.39, 0.29) is 39.8 Å². The number of hydrogen-bond acceptors (Lipinski definition) is 3. The molecule has 4 rings (SSSR count). The molecule has 0 heterocycles. The zero-order valence-corrected chi connectivity index (χ0v) is 23.9. The van der Waals surface area contributed by atoms with Gasteiger partial charge in [-0.3, -0.25) is 4.79 Å². The second kappa shape index (κ2) is 13.2. The fraction of sp³-hybridized carbons (Fsp3) is 0.194. The van der Waals surface area contributed by atoms with Crippen molar-refractivity contribution in [2.24, 2.45) is 11.8 Å². The van der Waals surface area contributed by atoms with E-state index in [2.05, 4.69) is 0 Å². The van der Waals surface area contributed by atoms with Gasteiger partial charge < -0.3 is 0 Å². The number of benzene rings is 4. The molecule has 0 bridgehead atoms. The predicted molar refractivity (Wildman–Crippen MR) is 156 cm³/mol. The smallest absolute Gasteiger partial charge is 0.141 e. The summed E-state index contributed by atoms with van der Waals surface area (Å²) in [6, 6.07) is 27.6. The minimum atomic E-state index is -0.371. The first-order chi connectivity index (χ1) is 18.2. The monoisotopic (exact) mass is 586 g/mol. The number of Topliss-reactive ketones (excluding diaryl/α,β-unsaturated/α-hetero) is 1. The minimum Gasteiger partial charge on any atom is -0.299 e. The third-order valence-electron chi connectivity index (χ3n) is 6.36. The molecule has 4 unspecified atom stereocenters. The van der Waals surface area contributed by atoms with Gasteiger partial charge in [0.05, 0.1) is 0 Å². The Labute approximate surface area is 241 Å². The fourth-order valence-electron chi connectivity index (χ4n) is 4.26. The van der Waals surface area contributed by atoms with Gasteiger partial charge in [-0.15, -0.1) is 23.5 Å². The third-order valence-corrected chi connectivity index (χ3v) is 9.82. The molecule has 196 valence electrons. The van der Waals surface area contributed by atoms with E-state index in [1.807, 2.05) is 62.4 Å². The van der Waals surface area contributed by atoms with Crippen molar-refractivity contribution < 1.29 is 13.6 Å². The number of halogens is 4. The lowest BCUT2D eigenvalue weighted by Crippen LogP contribution is -2.27. The maximum Gasteiger partial charge on any atom is 0.141 e. The van der Waals surface area contributed by atoms with Gasteiger partial charge in [-0.1, -0.05) is 61.3 Å². The van der Waals surface area contributed by atoms with E-state index in [0.717, 1.165) is 20.9 Å². The van der Waals surface area contributed by atoms with Crippen molar-refractivity contribution in [3.8, 4) is 0 Å². The molecule has 0 aliphatic rings. The maximum atomic E-state index is 14.1. The van der Waals surface area contributed by atoms with Crippen molar-refractivity contribution in [1.29, 1.82) is 0 Å². The fourth-order valence-corrected chi connectivity index (χ4v) is 6.94. The van der Waals surface area contributed by atoms with Crippen LogP contribution in [-0.4, -0.2) is 5.78 Å². The van der Waals surface area contributed by atoms with Crippen molar-refractivity contribution in [3.05, 3.63) is 130 Å². The molecule has 4 aromatic carbocycles. The van der Waals surface area contributed by atoms with Crippen LogP contribution in [0, 0.1) is 23.5 Å². The molecule has 4 atom stereocenters. The average molecular weight is 588 g/mol. The van der Waals surface area contributed by atoms with Gasteiger partial charge >= 0.3 is 0 Å². The molecule has 0 saturated heterocycles. The first-order valence-electron chi connectivity index (χ1n) is 12.1. The summed E-state index contributed by atoms with van der Waals surface area (Å²) in [6.07, 6.45) is 0. The molecule has 0 spiro atoms. The zero-order valence-electron chi connectivity index (χ0n) is 20.8. The van der Waals surface area contributed by atoms with Crippen molar-refractivity contribution >= 4 is 52.5 Å². The summed E-state index contributed by atoms with van der Waals surface area (Å²) in [7, 11) is 0. The highest BCUT2D eigenvalue weighted by atomic mass is 35.5. The summed E-state index contributed by atoms with van der Waals surface area (Å²) in [4.78, 5) is 15.8. The highest BCUT2D eigenvalue weighted by molar-refractivity contribution is 7.99. The molecule has 0 N–H and O–H groups in total. The van der Waals surface area contributed by atoms with Gasteiger partial charge in [0.1, 0.15) is 17.4 Å². The Bertz CT molecular complexity index is 1240. The summed E-state index contributed by atoms with van der Waals surface area (Å²) >= 11 is 15.3. The van der Waals surface area contributed by atoms with E-state index in [0.29, 0.717) is 10.0 Å². The molecule has 1 nitrogen and oxygen atoms in total. The van der Waals surface area contributed by atoms with Crippen molar-refractivity contribution in [1.82, 2.24) is 0 Å². The molecule has 0 radical (unpaired) electrons. The highest BCUT2D eigenvalue weighted by Crippen LogP contribution is 2.46. The largest absolute Gasteiger partial charge is 0.299 e. The standard InChI is InChI=1S/C31H26Cl2F2OS2/c1-19(30(21-3-7-23(32)8-4-21)37-27-15-11-25(34)12-16-27)29(36)20(2)31(22-5-9-24(33)10-6-22)38-28-17-13-26(35)14-18-28/h3-20,30-31H,1-2H3. The molecule has 0 aliphatic carbocycles. The predicted octanol–water partition coefficient (Wildman–Crippen LogP) is 10.5. The van der Waals surface area contributed by atoms with Gasteiger partial charge in [-0.25, -0.2) is 8.78 Å². The van der Waals surface area contributed by atoms with Crippen LogP contribution in [0.5, 0.6) is 0 Å². The third kappa shape index (κ3) is 7.41. The summed E-state index contributed by atoms with van der Waals surface area (Å²) < 4.78 is 27.1. The molecule has 0 aliphatic heterocycles. The van der Waals surface area contributed by atoms with Crippen molar-refractivity contribution in [3.63, 3.8) is 0 Å². The molecule has 38 heavy (non-hydrogen) atoms. The Morgan fingerprint density at radius 3 is 1.21 bits per heavy atom. The van der Waals surface area contributed by atoms with E-state index >= 15 is 0 Å². The number of ketones is 1. The molecule has 0 aromatic heterocycles. The maximum absolute atomic E-state index is 14.1. The summed E-state index contributed by atoms with van der Waals surface area (Å²) in [5.74, 6) is -1.26. The second-order valence-corrected chi connectivity index (χ2v) is 12.4. The van der Waals surface area contributed by atoms with Crippen LogP contribution in [0.2, 0.25) is 10.0 Å². The van der Waals surface area contributed by atoms with Crippen LogP contribution in [0.3, 0.4) is 0 Å². The van der Waals surface area contributed by atoms with E-state index in [9.17, 15) is 13.6 Å². The van der Waals surface area contributed by atoms with Gasteiger partial charge in [0.15, 0.2) is 0 Å². The second-order valence-electron chi connectivity index (χ2n) is 9.07. The lowest BCUT2D eigenvalue weighted by Gasteiger charge is -2.29. The van der Waals surface area contributed by atoms with Gasteiger partial charge in [0.2, 0.25) is 0 Å². The van der Waals surface area contributed by atoms with Crippen LogP contribution in [0.1, 0.15) is 35.5 Å². The van der Waals surface area contributed by atoms with Gasteiger partial charge in [-0.05, 0) is 83.9 Å². The van der Waals surface area contributed by atoms with Crippen molar-refractivity contribution in [2.45, 2.75) is 34.1 Å². The number of hydrogen-bond donors (Lipinski definition) is 0. The van der Waals surface area contributed by atoms with E-state index < -0.39 is 0 Å². The van der Waals surface area contributed by atoms with Gasteiger partial charge in [-0.2, -0.15) is 0 Å². The molecule has 0 amide bonds. The minimum absolute atomic E-state index is 0.0918. The van der Waals surface area contributed by atoms with Crippen LogP contribution in [-0.2, 0) is 4.79 Å².